The summed E-state index contributed by atoms with van der Waals surface area (Å²) in [7, 11) is 0. The van der Waals surface area contributed by atoms with Crippen LogP contribution in [-0.2, 0) is 9.63 Å². The van der Waals surface area contributed by atoms with Gasteiger partial charge >= 0.3 is 0 Å². The summed E-state index contributed by atoms with van der Waals surface area (Å²) >= 11 is 0. The Kier molecular flexibility index (Phi) is 3.87. The van der Waals surface area contributed by atoms with Gasteiger partial charge in [-0.15, -0.1) is 0 Å². The molecule has 0 spiro atoms. The minimum Gasteiger partial charge on any atom is -0.379 e. The van der Waals surface area contributed by atoms with Crippen molar-refractivity contribution in [1.29, 1.82) is 10.5 Å². The summed E-state index contributed by atoms with van der Waals surface area (Å²) in [5.74, 6) is -0.981. The normalized spacial score (nSPS) is 9.45. The van der Waals surface area contributed by atoms with Gasteiger partial charge in [0.15, 0.2) is 0 Å². The van der Waals surface area contributed by atoms with E-state index in [2.05, 4.69) is 15.7 Å². The molecule has 0 saturated heterocycles. The smallest absolute Gasteiger partial charge is 0.281 e. The molecule has 0 fully saturated rings. The highest BCUT2D eigenvalue weighted by Crippen LogP contribution is 1.78. The SMILES string of the molecule is N#CCO/N=C(/C#N)C(N)=O. The first-order chi connectivity index (χ1) is 5.22. The van der Waals surface area contributed by atoms with Crippen molar-refractivity contribution in [1.82, 2.24) is 0 Å². The van der Waals surface area contributed by atoms with Crippen molar-refractivity contribution in [2.75, 3.05) is 6.61 Å². The van der Waals surface area contributed by atoms with Crippen LogP contribution >= 0.6 is 0 Å². The molecular weight excluding hydrogens is 148 g/mol. The lowest BCUT2D eigenvalue weighted by Gasteiger charge is -1.89. The zero-order valence-corrected chi connectivity index (χ0v) is 5.44. The molecule has 0 aromatic rings. The fourth-order valence-electron chi connectivity index (χ4n) is 0.246. The third-order valence-corrected chi connectivity index (χ3v) is 0.624. The molecule has 0 aromatic heterocycles. The van der Waals surface area contributed by atoms with Gasteiger partial charge in [0.25, 0.3) is 5.91 Å². The number of rotatable bonds is 3. The predicted molar refractivity (Wildman–Crippen MR) is 33.8 cm³/mol. The summed E-state index contributed by atoms with van der Waals surface area (Å²) in [6, 6.07) is 3.00. The molecule has 0 atom stereocenters. The number of primary amides is 1. The second-order valence-corrected chi connectivity index (χ2v) is 1.35. The fourth-order valence-corrected chi connectivity index (χ4v) is 0.246. The lowest BCUT2D eigenvalue weighted by molar-refractivity contribution is -0.112. The van der Waals surface area contributed by atoms with E-state index in [0.717, 1.165) is 0 Å². The Morgan fingerprint density at radius 3 is 2.64 bits per heavy atom. The third-order valence-electron chi connectivity index (χ3n) is 0.624. The number of hydrogen-bond acceptors (Lipinski definition) is 5. The molecule has 1 amide bonds. The maximum atomic E-state index is 10.2. The molecule has 11 heavy (non-hydrogen) atoms. The van der Waals surface area contributed by atoms with E-state index in [4.69, 9.17) is 10.5 Å². The Labute approximate surface area is 62.4 Å². The van der Waals surface area contributed by atoms with Crippen LogP contribution in [0.3, 0.4) is 0 Å². The highest BCUT2D eigenvalue weighted by molar-refractivity contribution is 6.44. The molecule has 0 unspecified atom stereocenters. The van der Waals surface area contributed by atoms with Gasteiger partial charge in [-0.2, -0.15) is 10.5 Å². The largest absolute Gasteiger partial charge is 0.379 e. The van der Waals surface area contributed by atoms with E-state index in [1.807, 2.05) is 0 Å². The number of nitrogens with two attached hydrogens (primary N) is 1. The maximum absolute atomic E-state index is 10.2. The van der Waals surface area contributed by atoms with Crippen LogP contribution < -0.4 is 5.73 Å². The van der Waals surface area contributed by atoms with Crippen molar-refractivity contribution in [3.8, 4) is 12.1 Å². The van der Waals surface area contributed by atoms with Crippen molar-refractivity contribution >= 4 is 11.6 Å². The number of carbonyl (C=O) groups is 1. The fraction of sp³-hybridized carbons (Fsp3) is 0.200. The van der Waals surface area contributed by atoms with Gasteiger partial charge < -0.3 is 10.6 Å². The summed E-state index contributed by atoms with van der Waals surface area (Å²) in [6.45, 7) is -0.321. The first kappa shape index (κ1) is 8.92. The Balaban J connectivity index is 4.08. The Morgan fingerprint density at radius 1 is 1.64 bits per heavy atom. The molecule has 0 rings (SSSR count). The van der Waals surface area contributed by atoms with Gasteiger partial charge in [-0.1, -0.05) is 5.16 Å². The van der Waals surface area contributed by atoms with Gasteiger partial charge in [-0.05, 0) is 0 Å². The molecule has 0 bridgehead atoms. The summed E-state index contributed by atoms with van der Waals surface area (Å²) in [5, 5.41) is 19.1. The van der Waals surface area contributed by atoms with Gasteiger partial charge in [0.2, 0.25) is 12.3 Å². The standard InChI is InChI=1S/C5H4N4O2/c6-1-2-11-9-4(3-7)5(8)10/h2H2,(H2,8,10)/b9-4-. The molecular formula is C5H4N4O2. The molecule has 2 N–H and O–H groups in total. The second-order valence-electron chi connectivity index (χ2n) is 1.35. The van der Waals surface area contributed by atoms with Crippen LogP contribution in [0, 0.1) is 22.7 Å². The van der Waals surface area contributed by atoms with Crippen molar-refractivity contribution < 1.29 is 9.63 Å². The molecule has 0 aliphatic rings. The number of amides is 1. The molecule has 6 heteroatoms. The number of hydrogen-bond donors (Lipinski definition) is 1. The van der Waals surface area contributed by atoms with Crippen molar-refractivity contribution in [3.63, 3.8) is 0 Å². The van der Waals surface area contributed by atoms with Gasteiger partial charge in [-0.25, -0.2) is 0 Å². The number of nitrogens with zero attached hydrogens (tertiary/aromatic N) is 3. The lowest BCUT2D eigenvalue weighted by Crippen LogP contribution is -2.21. The molecule has 0 aliphatic heterocycles. The molecule has 0 aliphatic carbocycles. The minimum atomic E-state index is -0.981. The first-order valence-corrected chi connectivity index (χ1v) is 2.49. The molecule has 0 saturated carbocycles. The van der Waals surface area contributed by atoms with E-state index in [1.165, 1.54) is 6.07 Å². The lowest BCUT2D eigenvalue weighted by atomic mass is 10.4. The Morgan fingerprint density at radius 2 is 2.27 bits per heavy atom. The summed E-state index contributed by atoms with van der Waals surface area (Å²) in [5.41, 5.74) is 4.12. The van der Waals surface area contributed by atoms with E-state index in [0.29, 0.717) is 0 Å². The van der Waals surface area contributed by atoms with Crippen LogP contribution in [0.5, 0.6) is 0 Å². The van der Waals surface area contributed by atoms with E-state index in [9.17, 15) is 4.79 Å². The van der Waals surface area contributed by atoms with Crippen LogP contribution in [0.15, 0.2) is 5.16 Å². The Bertz CT molecular complexity index is 257. The zero-order valence-electron chi connectivity index (χ0n) is 5.44. The summed E-state index contributed by atoms with van der Waals surface area (Å²) in [6.07, 6.45) is 0. The minimum absolute atomic E-state index is 0.321. The average Bonchev–Trinajstić information content (AvgIpc) is 1.97. The van der Waals surface area contributed by atoms with Crippen LogP contribution in [0.1, 0.15) is 0 Å². The molecule has 0 aromatic carbocycles. The van der Waals surface area contributed by atoms with E-state index in [1.54, 1.807) is 6.07 Å². The molecule has 6 nitrogen and oxygen atoms in total. The summed E-state index contributed by atoms with van der Waals surface area (Å²) < 4.78 is 0. The molecule has 56 valence electrons. The van der Waals surface area contributed by atoms with E-state index in [-0.39, 0.29) is 6.61 Å². The summed E-state index contributed by atoms with van der Waals surface area (Å²) in [4.78, 5) is 14.4. The third kappa shape index (κ3) is 3.49. The molecule has 0 radical (unpaired) electrons. The van der Waals surface area contributed by atoms with Gasteiger partial charge in [0.1, 0.15) is 12.1 Å². The van der Waals surface area contributed by atoms with Crippen molar-refractivity contribution in [2.24, 2.45) is 10.9 Å². The second kappa shape index (κ2) is 4.77. The average molecular weight is 152 g/mol. The predicted octanol–water partition coefficient (Wildman–Crippen LogP) is -1.11. The van der Waals surface area contributed by atoms with Crippen LogP contribution in [0.4, 0.5) is 0 Å². The maximum Gasteiger partial charge on any atom is 0.281 e. The number of nitriles is 2. The highest BCUT2D eigenvalue weighted by Gasteiger charge is 2.04. The first-order valence-electron chi connectivity index (χ1n) is 2.49. The highest BCUT2D eigenvalue weighted by atomic mass is 16.6. The van der Waals surface area contributed by atoms with Crippen LogP contribution in [-0.4, -0.2) is 18.2 Å². The van der Waals surface area contributed by atoms with Crippen LogP contribution in [0.2, 0.25) is 0 Å². The molecule has 0 heterocycles. The van der Waals surface area contributed by atoms with E-state index < -0.39 is 11.6 Å². The van der Waals surface area contributed by atoms with Gasteiger partial charge in [-0.3, -0.25) is 4.79 Å². The topological polar surface area (TPSA) is 112 Å². The monoisotopic (exact) mass is 152 g/mol. The van der Waals surface area contributed by atoms with Gasteiger partial charge in [0.05, 0.1) is 0 Å². The van der Waals surface area contributed by atoms with Crippen molar-refractivity contribution in [2.45, 2.75) is 0 Å². The quantitative estimate of drug-likeness (QED) is 0.314. The number of carbonyl (C=O) groups excluding carboxylic acids is 1. The van der Waals surface area contributed by atoms with E-state index >= 15 is 0 Å². The van der Waals surface area contributed by atoms with Gasteiger partial charge in [0, 0.05) is 0 Å². The zero-order chi connectivity index (χ0) is 8.69. The van der Waals surface area contributed by atoms with Crippen molar-refractivity contribution in [3.05, 3.63) is 0 Å². The number of oxime groups is 1. The Hall–Kier alpha value is -2.08. The van der Waals surface area contributed by atoms with Crippen LogP contribution in [0.25, 0.3) is 0 Å².